The van der Waals surface area contributed by atoms with Crippen LogP contribution >= 0.6 is 0 Å². The lowest BCUT2D eigenvalue weighted by Crippen LogP contribution is -1.94. The highest BCUT2D eigenvalue weighted by Gasteiger charge is 2.14. The van der Waals surface area contributed by atoms with Crippen LogP contribution in [-0.4, -0.2) is 14.5 Å². The Morgan fingerprint density at radius 2 is 1.84 bits per heavy atom. The first-order valence-corrected chi connectivity index (χ1v) is 6.13. The van der Waals surface area contributed by atoms with Gasteiger partial charge in [0.25, 0.3) is 0 Å². The van der Waals surface area contributed by atoms with Crippen molar-refractivity contribution < 1.29 is 0 Å². The van der Waals surface area contributed by atoms with Crippen molar-refractivity contribution in [2.75, 3.05) is 5.73 Å². The second-order valence-corrected chi connectivity index (χ2v) is 4.70. The summed E-state index contributed by atoms with van der Waals surface area (Å²) in [6, 6.07) is 12.5. The van der Waals surface area contributed by atoms with E-state index in [2.05, 4.69) is 38.8 Å². The molecule has 19 heavy (non-hydrogen) atoms. The molecule has 0 amide bonds. The van der Waals surface area contributed by atoms with Crippen molar-refractivity contribution in [3.05, 3.63) is 42.7 Å². The topological polar surface area (TPSA) is 56.7 Å². The molecule has 0 aliphatic carbocycles. The highest BCUT2D eigenvalue weighted by Crippen LogP contribution is 2.35. The molecular formula is C15H12N4. The Hall–Kier alpha value is -2.62. The zero-order chi connectivity index (χ0) is 13.0. The van der Waals surface area contributed by atoms with E-state index in [1.54, 1.807) is 0 Å². The Labute approximate surface area is 109 Å². The van der Waals surface area contributed by atoms with Crippen molar-refractivity contribution >= 4 is 38.5 Å². The van der Waals surface area contributed by atoms with Crippen LogP contribution in [0, 0.1) is 0 Å². The monoisotopic (exact) mass is 248 g/mol. The largest absolute Gasteiger partial charge is 0.383 e. The predicted molar refractivity (Wildman–Crippen MR) is 77.9 cm³/mol. The summed E-state index contributed by atoms with van der Waals surface area (Å²) in [7, 11) is 2.01. The number of rotatable bonds is 0. The van der Waals surface area contributed by atoms with Crippen LogP contribution in [0.15, 0.2) is 42.7 Å². The van der Waals surface area contributed by atoms with Gasteiger partial charge in [0.2, 0.25) is 0 Å². The molecule has 2 aromatic carbocycles. The number of hydrogen-bond donors (Lipinski definition) is 1. The number of fused-ring (bicyclic) bond motifs is 5. The van der Waals surface area contributed by atoms with Crippen molar-refractivity contribution in [2.45, 2.75) is 0 Å². The molecule has 0 atom stereocenters. The Morgan fingerprint density at radius 1 is 1.00 bits per heavy atom. The summed E-state index contributed by atoms with van der Waals surface area (Å²) >= 11 is 0. The molecule has 0 saturated heterocycles. The molecule has 92 valence electrons. The third-order valence-electron chi connectivity index (χ3n) is 3.69. The Morgan fingerprint density at radius 3 is 2.74 bits per heavy atom. The summed E-state index contributed by atoms with van der Waals surface area (Å²) in [5.41, 5.74) is 8.06. The zero-order valence-corrected chi connectivity index (χ0v) is 10.5. The van der Waals surface area contributed by atoms with Crippen LogP contribution in [-0.2, 0) is 7.05 Å². The minimum Gasteiger partial charge on any atom is -0.383 e. The van der Waals surface area contributed by atoms with Crippen molar-refractivity contribution in [2.24, 2.45) is 7.05 Å². The zero-order valence-electron chi connectivity index (χ0n) is 10.5. The molecule has 4 aromatic rings. The molecule has 0 unspecified atom stereocenters. The molecule has 2 aromatic heterocycles. The number of aryl methyl sites for hydroxylation is 1. The molecule has 4 heteroatoms. The standard InChI is InChI=1S/C15H12N4/c1-19-11-7-6-9-4-2-3-5-10(9)12(11)13-14(16)17-8-18-15(13)19/h2-8H,1H3,(H2,16,17,18). The Bertz CT molecular complexity index is 937. The van der Waals surface area contributed by atoms with Crippen LogP contribution in [0.3, 0.4) is 0 Å². The number of benzene rings is 2. The normalized spacial score (nSPS) is 11.6. The molecule has 2 N–H and O–H groups in total. The first-order valence-electron chi connectivity index (χ1n) is 6.13. The molecular weight excluding hydrogens is 236 g/mol. The summed E-state index contributed by atoms with van der Waals surface area (Å²) in [4.78, 5) is 8.49. The minimum atomic E-state index is 0.534. The maximum atomic E-state index is 6.06. The summed E-state index contributed by atoms with van der Waals surface area (Å²) in [6.45, 7) is 0. The maximum Gasteiger partial charge on any atom is 0.146 e. The van der Waals surface area contributed by atoms with E-state index in [1.807, 2.05) is 19.2 Å². The fourth-order valence-corrected chi connectivity index (χ4v) is 2.80. The van der Waals surface area contributed by atoms with Crippen molar-refractivity contribution in [1.82, 2.24) is 14.5 Å². The van der Waals surface area contributed by atoms with Crippen molar-refractivity contribution in [1.29, 1.82) is 0 Å². The van der Waals surface area contributed by atoms with Gasteiger partial charge in [-0.2, -0.15) is 0 Å². The quantitative estimate of drug-likeness (QED) is 0.520. The lowest BCUT2D eigenvalue weighted by molar-refractivity contribution is 0.983. The van der Waals surface area contributed by atoms with Crippen LogP contribution in [0.25, 0.3) is 32.7 Å². The van der Waals surface area contributed by atoms with E-state index >= 15 is 0 Å². The van der Waals surface area contributed by atoms with Crippen LogP contribution in [0.1, 0.15) is 0 Å². The van der Waals surface area contributed by atoms with E-state index in [1.165, 1.54) is 17.1 Å². The number of nitrogens with zero attached hydrogens (tertiary/aromatic N) is 3. The number of hydrogen-bond acceptors (Lipinski definition) is 3. The summed E-state index contributed by atoms with van der Waals surface area (Å²) < 4.78 is 2.06. The SMILES string of the molecule is Cn1c2ccc3ccccc3c2c2c(N)ncnc21. The third kappa shape index (κ3) is 1.23. The summed E-state index contributed by atoms with van der Waals surface area (Å²) in [5, 5.41) is 4.46. The van der Waals surface area contributed by atoms with E-state index < -0.39 is 0 Å². The Balaban J connectivity index is 2.43. The second kappa shape index (κ2) is 3.45. The van der Waals surface area contributed by atoms with Gasteiger partial charge in [-0.15, -0.1) is 0 Å². The lowest BCUT2D eigenvalue weighted by atomic mass is 10.0. The van der Waals surface area contributed by atoms with Gasteiger partial charge >= 0.3 is 0 Å². The van der Waals surface area contributed by atoms with Gasteiger partial charge in [-0.25, -0.2) is 9.97 Å². The van der Waals surface area contributed by atoms with Gasteiger partial charge in [-0.05, 0) is 16.8 Å². The summed E-state index contributed by atoms with van der Waals surface area (Å²) in [5.74, 6) is 0.534. The fourth-order valence-electron chi connectivity index (χ4n) is 2.80. The first kappa shape index (κ1) is 10.3. The van der Waals surface area contributed by atoms with E-state index in [-0.39, 0.29) is 0 Å². The molecule has 0 bridgehead atoms. The highest BCUT2D eigenvalue weighted by atomic mass is 15.0. The molecule has 0 saturated carbocycles. The van der Waals surface area contributed by atoms with Crippen molar-refractivity contribution in [3.8, 4) is 0 Å². The smallest absolute Gasteiger partial charge is 0.146 e. The van der Waals surface area contributed by atoms with Crippen LogP contribution in [0.2, 0.25) is 0 Å². The average molecular weight is 248 g/mol. The molecule has 0 aliphatic rings. The molecule has 0 radical (unpaired) electrons. The van der Waals surface area contributed by atoms with Crippen molar-refractivity contribution in [3.63, 3.8) is 0 Å². The average Bonchev–Trinajstić information content (AvgIpc) is 2.74. The molecule has 0 aliphatic heterocycles. The van der Waals surface area contributed by atoms with Gasteiger partial charge < -0.3 is 10.3 Å². The molecule has 0 fully saturated rings. The number of nitrogen functional groups attached to an aromatic ring is 1. The maximum absolute atomic E-state index is 6.06. The van der Waals surface area contributed by atoms with Gasteiger partial charge in [0.1, 0.15) is 17.8 Å². The molecule has 4 rings (SSSR count). The highest BCUT2D eigenvalue weighted by molar-refractivity contribution is 6.22. The van der Waals surface area contributed by atoms with E-state index in [9.17, 15) is 0 Å². The van der Waals surface area contributed by atoms with Gasteiger partial charge in [0, 0.05) is 12.4 Å². The Kier molecular flexibility index (Phi) is 1.87. The predicted octanol–water partition coefficient (Wildman–Crippen LogP) is 2.86. The number of nitrogens with two attached hydrogens (primary N) is 1. The van der Waals surface area contributed by atoms with Gasteiger partial charge in [-0.1, -0.05) is 30.3 Å². The van der Waals surface area contributed by atoms with Gasteiger partial charge in [0.15, 0.2) is 0 Å². The molecule has 0 spiro atoms. The fraction of sp³-hybridized carbons (Fsp3) is 0.0667. The minimum absolute atomic E-state index is 0.534. The van der Waals surface area contributed by atoms with E-state index in [0.717, 1.165) is 21.9 Å². The van der Waals surface area contributed by atoms with E-state index in [4.69, 9.17) is 5.73 Å². The number of anilines is 1. The molecule has 2 heterocycles. The first-order chi connectivity index (χ1) is 9.27. The third-order valence-corrected chi connectivity index (χ3v) is 3.69. The second-order valence-electron chi connectivity index (χ2n) is 4.70. The number of aromatic nitrogens is 3. The summed E-state index contributed by atoms with van der Waals surface area (Å²) in [6.07, 6.45) is 1.51. The van der Waals surface area contributed by atoms with Gasteiger partial charge in [0.05, 0.1) is 10.9 Å². The molecule has 4 nitrogen and oxygen atoms in total. The lowest BCUT2D eigenvalue weighted by Gasteiger charge is -2.01. The van der Waals surface area contributed by atoms with Crippen LogP contribution in [0.4, 0.5) is 5.82 Å². The van der Waals surface area contributed by atoms with Gasteiger partial charge in [-0.3, -0.25) is 0 Å². The van der Waals surface area contributed by atoms with E-state index in [0.29, 0.717) is 5.82 Å². The van der Waals surface area contributed by atoms with Crippen LogP contribution < -0.4 is 5.73 Å². The van der Waals surface area contributed by atoms with Crippen LogP contribution in [0.5, 0.6) is 0 Å².